The van der Waals surface area contributed by atoms with Gasteiger partial charge in [0, 0.05) is 33.2 Å². The van der Waals surface area contributed by atoms with E-state index in [1.54, 1.807) is 19.9 Å². The first-order chi connectivity index (χ1) is 14.5. The second-order valence-electron chi connectivity index (χ2n) is 7.22. The first kappa shape index (κ1) is 23.3. The van der Waals surface area contributed by atoms with Gasteiger partial charge in [0.05, 0.1) is 5.56 Å². The maximum atomic E-state index is 12.7. The Morgan fingerprint density at radius 2 is 1.71 bits per heavy atom. The van der Waals surface area contributed by atoms with Crippen molar-refractivity contribution in [3.05, 3.63) is 79.9 Å². The second-order valence-corrected chi connectivity index (χ2v) is 8.80. The number of aromatic hydroxyl groups is 1. The Morgan fingerprint density at radius 1 is 1.06 bits per heavy atom. The first-order valence-electron chi connectivity index (χ1n) is 9.41. The van der Waals surface area contributed by atoms with Crippen molar-refractivity contribution in [2.24, 2.45) is 0 Å². The van der Waals surface area contributed by atoms with Crippen LogP contribution in [0.1, 0.15) is 28.0 Å². The fourth-order valence-electron chi connectivity index (χ4n) is 3.35. The summed E-state index contributed by atoms with van der Waals surface area (Å²) in [5.74, 6) is 0.601. The van der Waals surface area contributed by atoms with Crippen LogP contribution in [-0.4, -0.2) is 10.9 Å². The lowest BCUT2D eigenvalue weighted by Crippen LogP contribution is -2.09. The molecule has 0 saturated heterocycles. The van der Waals surface area contributed by atoms with E-state index in [4.69, 9.17) is 16.0 Å². The minimum atomic E-state index is -4.37. The van der Waals surface area contributed by atoms with Gasteiger partial charge in [-0.1, -0.05) is 17.7 Å². The highest BCUT2D eigenvalue weighted by molar-refractivity contribution is 7.99. The van der Waals surface area contributed by atoms with Crippen LogP contribution in [0.3, 0.4) is 0 Å². The number of hydrogen-bond acceptors (Lipinski definition) is 4. The molecule has 0 atom stereocenters. The van der Waals surface area contributed by atoms with Crippen molar-refractivity contribution in [2.45, 2.75) is 38.3 Å². The lowest BCUT2D eigenvalue weighted by Gasteiger charge is -2.14. The van der Waals surface area contributed by atoms with Crippen LogP contribution in [-0.2, 0) is 12.6 Å². The zero-order chi connectivity index (χ0) is 22.9. The highest BCUT2D eigenvalue weighted by Gasteiger charge is 2.30. The largest absolute Gasteiger partial charge is 0.507 e. The molecule has 0 spiro atoms. The molecule has 1 N–H and O–H groups in total. The van der Waals surface area contributed by atoms with Gasteiger partial charge in [0.25, 0.3) is 0 Å². The fraction of sp³-hybridized carbons (Fsp3) is 0.261. The Morgan fingerprint density at radius 3 is 2.29 bits per heavy atom. The minimum absolute atomic E-state index is 0.0270. The van der Waals surface area contributed by atoms with Crippen LogP contribution < -0.4 is 5.63 Å². The average Bonchev–Trinajstić information content (AvgIpc) is 2.67. The lowest BCUT2D eigenvalue weighted by molar-refractivity contribution is -0.137. The van der Waals surface area contributed by atoms with Crippen molar-refractivity contribution >= 4 is 23.4 Å². The quantitative estimate of drug-likeness (QED) is 0.412. The number of benzene rings is 2. The predicted molar refractivity (Wildman–Crippen MR) is 117 cm³/mol. The van der Waals surface area contributed by atoms with Crippen LogP contribution in [0.4, 0.5) is 13.2 Å². The summed E-state index contributed by atoms with van der Waals surface area (Å²) in [6.45, 7) is 5.34. The maximum absolute atomic E-state index is 12.7. The lowest BCUT2D eigenvalue weighted by atomic mass is 9.97. The molecule has 0 amide bonds. The SMILES string of the molecule is Cc1cc(C)c(-c2c(O)c(C)c(CCSc3ccc(C(F)(F)F)cc3)oc2=O)c(Cl)c1. The first-order valence-corrected chi connectivity index (χ1v) is 10.8. The van der Waals surface area contributed by atoms with E-state index in [0.29, 0.717) is 39.0 Å². The number of hydrogen-bond donors (Lipinski definition) is 1. The topological polar surface area (TPSA) is 50.4 Å². The third-order valence-corrected chi connectivity index (χ3v) is 6.20. The molecule has 3 aromatic rings. The zero-order valence-electron chi connectivity index (χ0n) is 17.1. The standard InChI is InChI=1S/C23H20ClF3O3S/c1-12-10-13(2)19(17(24)11-12)20-21(28)14(3)18(30-22(20)29)8-9-31-16-6-4-15(5-7-16)23(25,26)27/h4-7,10-11,28H,8-9H2,1-3H3. The van der Waals surface area contributed by atoms with Gasteiger partial charge in [-0.3, -0.25) is 0 Å². The van der Waals surface area contributed by atoms with Crippen LogP contribution in [0.5, 0.6) is 5.75 Å². The fourth-order valence-corrected chi connectivity index (χ4v) is 4.62. The molecule has 0 saturated carbocycles. The molecule has 1 heterocycles. The molecule has 0 radical (unpaired) electrons. The Bertz CT molecular complexity index is 1150. The van der Waals surface area contributed by atoms with Crippen molar-refractivity contribution in [3.63, 3.8) is 0 Å². The molecule has 3 rings (SSSR count). The van der Waals surface area contributed by atoms with Gasteiger partial charge in [-0.25, -0.2) is 4.79 Å². The van der Waals surface area contributed by atoms with Crippen LogP contribution in [0.15, 0.2) is 50.5 Å². The van der Waals surface area contributed by atoms with E-state index in [0.717, 1.165) is 23.3 Å². The highest BCUT2D eigenvalue weighted by atomic mass is 35.5. The van der Waals surface area contributed by atoms with Gasteiger partial charge in [-0.2, -0.15) is 13.2 Å². The van der Waals surface area contributed by atoms with Crippen molar-refractivity contribution in [2.75, 3.05) is 5.75 Å². The average molecular weight is 469 g/mol. The van der Waals surface area contributed by atoms with Gasteiger partial charge < -0.3 is 9.52 Å². The summed E-state index contributed by atoms with van der Waals surface area (Å²) < 4.78 is 43.5. The molecule has 0 unspecified atom stereocenters. The molecule has 3 nitrogen and oxygen atoms in total. The van der Waals surface area contributed by atoms with E-state index >= 15 is 0 Å². The normalized spacial score (nSPS) is 11.7. The summed E-state index contributed by atoms with van der Waals surface area (Å²) in [7, 11) is 0. The van der Waals surface area contributed by atoms with E-state index in [1.165, 1.54) is 23.9 Å². The summed E-state index contributed by atoms with van der Waals surface area (Å²) in [5, 5.41) is 11.1. The van der Waals surface area contributed by atoms with Crippen LogP contribution in [0, 0.1) is 20.8 Å². The van der Waals surface area contributed by atoms with E-state index in [2.05, 4.69) is 0 Å². The predicted octanol–water partition coefficient (Wildman–Crippen LogP) is 6.94. The Labute approximate surface area is 186 Å². The van der Waals surface area contributed by atoms with Crippen molar-refractivity contribution in [1.29, 1.82) is 0 Å². The molecule has 31 heavy (non-hydrogen) atoms. The third kappa shape index (κ3) is 5.10. The molecular weight excluding hydrogens is 449 g/mol. The van der Waals surface area contributed by atoms with E-state index in [-0.39, 0.29) is 11.3 Å². The minimum Gasteiger partial charge on any atom is -0.507 e. The molecule has 164 valence electrons. The van der Waals surface area contributed by atoms with Crippen molar-refractivity contribution < 1.29 is 22.7 Å². The van der Waals surface area contributed by atoms with Gasteiger partial charge in [-0.15, -0.1) is 11.8 Å². The molecule has 0 aliphatic carbocycles. The Hall–Kier alpha value is -2.38. The van der Waals surface area contributed by atoms with Gasteiger partial charge in [-0.05, 0) is 62.2 Å². The molecule has 8 heteroatoms. The molecule has 2 aromatic carbocycles. The smallest absolute Gasteiger partial charge is 0.416 e. The summed E-state index contributed by atoms with van der Waals surface area (Å²) >= 11 is 7.66. The maximum Gasteiger partial charge on any atom is 0.416 e. The monoisotopic (exact) mass is 468 g/mol. The molecule has 0 aliphatic rings. The molecule has 1 aromatic heterocycles. The van der Waals surface area contributed by atoms with Crippen LogP contribution in [0.25, 0.3) is 11.1 Å². The Balaban J connectivity index is 1.81. The number of rotatable bonds is 5. The number of thioether (sulfide) groups is 1. The van der Waals surface area contributed by atoms with Crippen LogP contribution >= 0.6 is 23.4 Å². The zero-order valence-corrected chi connectivity index (χ0v) is 18.6. The highest BCUT2D eigenvalue weighted by Crippen LogP contribution is 2.38. The number of halogens is 4. The second kappa shape index (κ2) is 9.01. The number of alkyl halides is 3. The molecule has 0 fully saturated rings. The van der Waals surface area contributed by atoms with E-state index < -0.39 is 17.4 Å². The van der Waals surface area contributed by atoms with Gasteiger partial charge in [0.15, 0.2) is 0 Å². The van der Waals surface area contributed by atoms with Gasteiger partial charge in [0.2, 0.25) is 0 Å². The Kier molecular flexibility index (Phi) is 6.76. The molecule has 0 bridgehead atoms. The molecular formula is C23H20ClF3O3S. The third-order valence-electron chi connectivity index (χ3n) is 4.89. The van der Waals surface area contributed by atoms with Crippen molar-refractivity contribution in [3.8, 4) is 16.9 Å². The summed E-state index contributed by atoms with van der Waals surface area (Å²) in [6, 6.07) is 8.44. The van der Waals surface area contributed by atoms with Gasteiger partial charge >= 0.3 is 11.8 Å². The van der Waals surface area contributed by atoms with Crippen LogP contribution in [0.2, 0.25) is 5.02 Å². The summed E-state index contributed by atoms with van der Waals surface area (Å²) in [6.07, 6.45) is -4.05. The van der Waals surface area contributed by atoms with Crippen molar-refractivity contribution in [1.82, 2.24) is 0 Å². The summed E-state index contributed by atoms with van der Waals surface area (Å²) in [5.41, 5.74) is 1.18. The summed E-state index contributed by atoms with van der Waals surface area (Å²) in [4.78, 5) is 13.3. The molecule has 0 aliphatic heterocycles. The van der Waals surface area contributed by atoms with E-state index in [1.807, 2.05) is 13.0 Å². The van der Waals surface area contributed by atoms with Gasteiger partial charge in [0.1, 0.15) is 17.1 Å². The number of aryl methyl sites for hydroxylation is 3. The van der Waals surface area contributed by atoms with E-state index in [9.17, 15) is 23.1 Å².